The monoisotopic (exact) mass is 362 g/mol. The summed E-state index contributed by atoms with van der Waals surface area (Å²) >= 11 is 0. The molecule has 26 heavy (non-hydrogen) atoms. The zero-order valence-corrected chi connectivity index (χ0v) is 16.6. The van der Waals surface area contributed by atoms with Crippen molar-refractivity contribution in [3.63, 3.8) is 0 Å². The third kappa shape index (κ3) is 5.55. The molecule has 4 nitrogen and oxygen atoms in total. The highest BCUT2D eigenvalue weighted by atomic mass is 16.6. The van der Waals surface area contributed by atoms with Crippen LogP contribution in [-0.2, 0) is 15.9 Å². The number of aliphatic hydroxyl groups excluding tert-OH is 1. The lowest BCUT2D eigenvalue weighted by Crippen LogP contribution is -2.46. The molecule has 0 radical (unpaired) electrons. The van der Waals surface area contributed by atoms with Crippen LogP contribution in [0.5, 0.6) is 0 Å². The van der Waals surface area contributed by atoms with Gasteiger partial charge in [-0.05, 0) is 42.4 Å². The number of esters is 1. The summed E-state index contributed by atoms with van der Waals surface area (Å²) in [5, 5.41) is 9.99. The summed E-state index contributed by atoms with van der Waals surface area (Å²) in [6.07, 6.45) is 4.95. The molecule has 0 amide bonds. The highest BCUT2D eigenvalue weighted by Crippen LogP contribution is 2.34. The zero-order valence-electron chi connectivity index (χ0n) is 16.6. The minimum absolute atomic E-state index is 0.0850. The Kier molecular flexibility index (Phi) is 8.11. The van der Waals surface area contributed by atoms with Crippen molar-refractivity contribution < 1.29 is 19.4 Å². The average Bonchev–Trinajstić information content (AvgIpc) is 2.65. The van der Waals surface area contributed by atoms with Crippen LogP contribution in [0.1, 0.15) is 69.3 Å². The van der Waals surface area contributed by atoms with Crippen LogP contribution in [-0.4, -0.2) is 30.1 Å². The van der Waals surface area contributed by atoms with Crippen LogP contribution in [0.2, 0.25) is 0 Å². The van der Waals surface area contributed by atoms with Gasteiger partial charge in [-0.3, -0.25) is 0 Å². The molecule has 1 aromatic rings. The fourth-order valence-electron chi connectivity index (χ4n) is 3.50. The standard InChI is InChI=1S/C22H34O4/c1-5-6-7-8-9-18-10-12-19(13-11-18)22(24)25-14-20-16(3)15(2)17(4)21(23)26-20/h10-13,15-17,20-21,23H,5-9,14H2,1-4H3/t15-,16-,17?,20?,21-/m0/s1. The largest absolute Gasteiger partial charge is 0.459 e. The normalized spacial score (nSPS) is 28.7. The van der Waals surface area contributed by atoms with Gasteiger partial charge >= 0.3 is 5.97 Å². The van der Waals surface area contributed by atoms with Gasteiger partial charge in [0.2, 0.25) is 0 Å². The lowest BCUT2D eigenvalue weighted by Gasteiger charge is -2.41. The molecule has 1 fully saturated rings. The van der Waals surface area contributed by atoms with Crippen molar-refractivity contribution >= 4 is 5.97 Å². The Morgan fingerprint density at radius 3 is 2.38 bits per heavy atom. The topological polar surface area (TPSA) is 55.8 Å². The summed E-state index contributed by atoms with van der Waals surface area (Å²) in [5.74, 6) is 0.294. The first-order valence-corrected chi connectivity index (χ1v) is 10.0. The number of carbonyl (C=O) groups excluding carboxylic acids is 1. The quantitative estimate of drug-likeness (QED) is 0.543. The fourth-order valence-corrected chi connectivity index (χ4v) is 3.50. The molecule has 1 N–H and O–H groups in total. The molecule has 5 atom stereocenters. The lowest BCUT2D eigenvalue weighted by molar-refractivity contribution is -0.232. The minimum atomic E-state index is -0.795. The molecule has 1 aliphatic heterocycles. The van der Waals surface area contributed by atoms with Crippen molar-refractivity contribution in [1.29, 1.82) is 0 Å². The van der Waals surface area contributed by atoms with Crippen LogP contribution in [0.3, 0.4) is 0 Å². The van der Waals surface area contributed by atoms with Crippen molar-refractivity contribution in [2.24, 2.45) is 17.8 Å². The number of ether oxygens (including phenoxy) is 2. The molecule has 1 aromatic carbocycles. The van der Waals surface area contributed by atoms with Gasteiger partial charge in [0.25, 0.3) is 0 Å². The molecular weight excluding hydrogens is 328 g/mol. The second kappa shape index (κ2) is 10.1. The smallest absolute Gasteiger partial charge is 0.338 e. The summed E-state index contributed by atoms with van der Waals surface area (Å²) < 4.78 is 11.1. The number of benzene rings is 1. The van der Waals surface area contributed by atoms with Gasteiger partial charge in [-0.2, -0.15) is 0 Å². The Labute approximate surface area is 157 Å². The summed E-state index contributed by atoms with van der Waals surface area (Å²) in [6.45, 7) is 8.56. The van der Waals surface area contributed by atoms with Crippen LogP contribution in [0.4, 0.5) is 0 Å². The second-order valence-electron chi connectivity index (χ2n) is 7.75. The highest BCUT2D eigenvalue weighted by molar-refractivity contribution is 5.89. The molecule has 146 valence electrons. The Morgan fingerprint density at radius 1 is 1.04 bits per heavy atom. The summed E-state index contributed by atoms with van der Waals surface area (Å²) in [6, 6.07) is 7.69. The number of carbonyl (C=O) groups is 1. The molecule has 1 aliphatic rings. The van der Waals surface area contributed by atoms with Gasteiger partial charge in [0.1, 0.15) is 6.61 Å². The van der Waals surface area contributed by atoms with Gasteiger partial charge in [-0.1, -0.05) is 59.1 Å². The number of unbranched alkanes of at least 4 members (excludes halogenated alkanes) is 3. The first-order valence-electron chi connectivity index (χ1n) is 10.0. The van der Waals surface area contributed by atoms with Gasteiger partial charge in [-0.25, -0.2) is 4.79 Å². The van der Waals surface area contributed by atoms with Crippen LogP contribution in [0.15, 0.2) is 24.3 Å². The maximum absolute atomic E-state index is 12.3. The SMILES string of the molecule is CCCCCCc1ccc(C(=O)OCC2O[C@H](O)C(C)[C@@H](C)[C@@H]2C)cc1. The predicted octanol–water partition coefficient (Wildman–Crippen LogP) is 4.59. The summed E-state index contributed by atoms with van der Waals surface area (Å²) in [7, 11) is 0. The molecule has 1 heterocycles. The van der Waals surface area contributed by atoms with Gasteiger partial charge in [0.05, 0.1) is 11.7 Å². The van der Waals surface area contributed by atoms with Gasteiger partial charge < -0.3 is 14.6 Å². The predicted molar refractivity (Wildman–Crippen MR) is 103 cm³/mol. The van der Waals surface area contributed by atoms with E-state index in [2.05, 4.69) is 20.8 Å². The van der Waals surface area contributed by atoms with E-state index in [0.29, 0.717) is 11.5 Å². The van der Waals surface area contributed by atoms with Gasteiger partial charge in [-0.15, -0.1) is 0 Å². The van der Waals surface area contributed by atoms with E-state index in [9.17, 15) is 9.90 Å². The van der Waals surface area contributed by atoms with E-state index in [4.69, 9.17) is 9.47 Å². The molecule has 2 rings (SSSR count). The van der Waals surface area contributed by atoms with Crippen LogP contribution < -0.4 is 0 Å². The van der Waals surface area contributed by atoms with E-state index in [1.54, 1.807) is 0 Å². The second-order valence-corrected chi connectivity index (χ2v) is 7.75. The first-order chi connectivity index (χ1) is 12.4. The van der Waals surface area contributed by atoms with Crippen LogP contribution in [0.25, 0.3) is 0 Å². The number of rotatable bonds is 8. The van der Waals surface area contributed by atoms with Crippen molar-refractivity contribution in [3.05, 3.63) is 35.4 Å². The Bertz CT molecular complexity index is 554. The maximum atomic E-state index is 12.3. The van der Waals surface area contributed by atoms with E-state index < -0.39 is 6.29 Å². The molecule has 4 heteroatoms. The lowest BCUT2D eigenvalue weighted by atomic mass is 9.79. The summed E-state index contributed by atoms with van der Waals surface area (Å²) in [5.41, 5.74) is 1.82. The molecule has 0 aliphatic carbocycles. The van der Waals surface area contributed by atoms with Crippen molar-refractivity contribution in [3.8, 4) is 0 Å². The molecular formula is C22H34O4. The van der Waals surface area contributed by atoms with Crippen molar-refractivity contribution in [1.82, 2.24) is 0 Å². The molecule has 2 unspecified atom stereocenters. The van der Waals surface area contributed by atoms with E-state index in [1.165, 1.54) is 31.2 Å². The molecule has 0 spiro atoms. The van der Waals surface area contributed by atoms with E-state index in [-0.39, 0.29) is 30.5 Å². The summed E-state index contributed by atoms with van der Waals surface area (Å²) in [4.78, 5) is 12.3. The number of hydrogen-bond acceptors (Lipinski definition) is 4. The van der Waals surface area contributed by atoms with Crippen molar-refractivity contribution in [2.75, 3.05) is 6.61 Å². The van der Waals surface area contributed by atoms with E-state index in [1.807, 2.05) is 31.2 Å². The molecule has 0 aromatic heterocycles. The van der Waals surface area contributed by atoms with E-state index >= 15 is 0 Å². The molecule has 1 saturated heterocycles. The number of hydrogen-bond donors (Lipinski definition) is 1. The Morgan fingerprint density at radius 2 is 1.73 bits per heavy atom. The highest BCUT2D eigenvalue weighted by Gasteiger charge is 2.38. The Balaban J connectivity index is 1.82. The van der Waals surface area contributed by atoms with Gasteiger partial charge in [0.15, 0.2) is 6.29 Å². The fraction of sp³-hybridized carbons (Fsp3) is 0.682. The zero-order chi connectivity index (χ0) is 19.1. The maximum Gasteiger partial charge on any atom is 0.338 e. The first kappa shape index (κ1) is 20.9. The third-order valence-electron chi connectivity index (χ3n) is 5.90. The molecule has 0 saturated carbocycles. The average molecular weight is 363 g/mol. The van der Waals surface area contributed by atoms with Crippen LogP contribution in [0, 0.1) is 17.8 Å². The van der Waals surface area contributed by atoms with E-state index in [0.717, 1.165) is 6.42 Å². The van der Waals surface area contributed by atoms with Gasteiger partial charge in [0, 0.05) is 5.92 Å². The third-order valence-corrected chi connectivity index (χ3v) is 5.90. The minimum Gasteiger partial charge on any atom is -0.459 e. The number of aliphatic hydroxyl groups is 1. The van der Waals surface area contributed by atoms with Crippen molar-refractivity contribution in [2.45, 2.75) is 72.2 Å². The van der Waals surface area contributed by atoms with Crippen LogP contribution >= 0.6 is 0 Å². The number of aryl methyl sites for hydroxylation is 1. The molecule has 0 bridgehead atoms. The Hall–Kier alpha value is -1.39.